The van der Waals surface area contributed by atoms with Crippen LogP contribution in [0.1, 0.15) is 33.1 Å². The van der Waals surface area contributed by atoms with Gasteiger partial charge in [-0.2, -0.15) is 4.31 Å². The van der Waals surface area contributed by atoms with Crippen LogP contribution < -0.4 is 14.8 Å². The maximum Gasteiger partial charge on any atom is 0.243 e. The molecule has 0 amide bonds. The first-order valence-electron chi connectivity index (χ1n) is 9.07. The number of sulfonamides is 1. The van der Waals surface area contributed by atoms with Gasteiger partial charge in [0.15, 0.2) is 11.5 Å². The molecule has 1 fully saturated rings. The third-order valence-electron chi connectivity index (χ3n) is 4.53. The summed E-state index contributed by atoms with van der Waals surface area (Å²) in [6.07, 6.45) is 2.93. The maximum absolute atomic E-state index is 13.0. The highest BCUT2D eigenvalue weighted by atomic mass is 35.5. The molecule has 8 heteroatoms. The van der Waals surface area contributed by atoms with Crippen molar-refractivity contribution in [2.75, 3.05) is 39.9 Å². The van der Waals surface area contributed by atoms with Crippen molar-refractivity contribution in [2.45, 2.75) is 38.0 Å². The van der Waals surface area contributed by atoms with Crippen LogP contribution in [-0.4, -0.2) is 52.6 Å². The molecule has 0 radical (unpaired) electrons. The van der Waals surface area contributed by atoms with Crippen LogP contribution in [0.5, 0.6) is 11.5 Å². The summed E-state index contributed by atoms with van der Waals surface area (Å²) in [5.74, 6) is 1.65. The number of hydrogen-bond acceptors (Lipinski definition) is 5. The number of rotatable bonds is 9. The van der Waals surface area contributed by atoms with Gasteiger partial charge in [0.25, 0.3) is 0 Å². The van der Waals surface area contributed by atoms with Crippen molar-refractivity contribution in [3.8, 4) is 11.5 Å². The summed E-state index contributed by atoms with van der Waals surface area (Å²) in [4.78, 5) is 0.271. The van der Waals surface area contributed by atoms with Gasteiger partial charge in [0.1, 0.15) is 0 Å². The molecule has 1 aromatic rings. The minimum Gasteiger partial charge on any atom is -0.490 e. The fourth-order valence-corrected chi connectivity index (χ4v) is 4.61. The van der Waals surface area contributed by atoms with E-state index in [1.165, 1.54) is 0 Å². The van der Waals surface area contributed by atoms with Crippen molar-refractivity contribution in [1.82, 2.24) is 9.62 Å². The van der Waals surface area contributed by atoms with Gasteiger partial charge in [-0.05, 0) is 64.8 Å². The molecule has 1 heterocycles. The van der Waals surface area contributed by atoms with Gasteiger partial charge in [-0.25, -0.2) is 8.42 Å². The molecule has 0 aliphatic carbocycles. The predicted octanol–water partition coefficient (Wildman–Crippen LogP) is 2.92. The fraction of sp³-hybridized carbons (Fsp3) is 0.667. The minimum absolute atomic E-state index is 0. The first-order chi connectivity index (χ1) is 12.0. The normalized spacial score (nSPS) is 16.1. The van der Waals surface area contributed by atoms with Gasteiger partial charge in [-0.3, -0.25) is 0 Å². The molecule has 0 spiro atoms. The van der Waals surface area contributed by atoms with Gasteiger partial charge in [0.05, 0.1) is 18.1 Å². The zero-order valence-corrected chi connectivity index (χ0v) is 17.5. The summed E-state index contributed by atoms with van der Waals surface area (Å²) >= 11 is 0. The van der Waals surface area contributed by atoms with E-state index in [9.17, 15) is 8.42 Å². The largest absolute Gasteiger partial charge is 0.490 e. The lowest BCUT2D eigenvalue weighted by molar-refractivity contribution is 0.262. The quantitative estimate of drug-likeness (QED) is 0.682. The highest BCUT2D eigenvalue weighted by Crippen LogP contribution is 2.32. The van der Waals surface area contributed by atoms with Crippen LogP contribution in [0.2, 0.25) is 0 Å². The fourth-order valence-electron chi connectivity index (χ4n) is 3.13. The Labute approximate surface area is 163 Å². The Bertz CT molecular complexity index is 647. The smallest absolute Gasteiger partial charge is 0.243 e. The highest BCUT2D eigenvalue weighted by molar-refractivity contribution is 7.89. The number of piperidine rings is 1. The van der Waals surface area contributed by atoms with E-state index < -0.39 is 10.0 Å². The molecular weight excluding hydrogens is 376 g/mol. The number of halogens is 1. The molecule has 0 aromatic heterocycles. The van der Waals surface area contributed by atoms with Gasteiger partial charge in [-0.15, -0.1) is 12.4 Å². The summed E-state index contributed by atoms with van der Waals surface area (Å²) in [7, 11) is -1.55. The molecule has 0 atom stereocenters. The van der Waals surface area contributed by atoms with Crippen LogP contribution in [0.15, 0.2) is 23.1 Å². The van der Waals surface area contributed by atoms with Crippen LogP contribution in [0.4, 0.5) is 0 Å². The number of nitrogens with zero attached hydrogens (tertiary/aromatic N) is 1. The predicted molar refractivity (Wildman–Crippen MR) is 106 cm³/mol. The molecule has 1 aliphatic heterocycles. The van der Waals surface area contributed by atoms with Gasteiger partial charge in [-0.1, -0.05) is 0 Å². The lowest BCUT2D eigenvalue weighted by Gasteiger charge is -2.31. The second kappa shape index (κ2) is 11.0. The summed E-state index contributed by atoms with van der Waals surface area (Å²) in [5.41, 5.74) is 0. The van der Waals surface area contributed by atoms with E-state index in [2.05, 4.69) is 5.32 Å². The standard InChI is InChI=1S/C18H30N2O4S.ClH/c1-4-23-17-7-6-16(14-18(17)24-5-2)25(21,22)20-12-9-15(10-13-20)8-11-19-3;/h6-7,14-15,19H,4-5,8-13H2,1-3H3;1H. The molecule has 150 valence electrons. The second-order valence-electron chi connectivity index (χ2n) is 6.21. The SMILES string of the molecule is CCOc1ccc(S(=O)(=O)N2CCC(CCNC)CC2)cc1OCC.Cl. The summed E-state index contributed by atoms with van der Waals surface area (Å²) < 4.78 is 38.6. The van der Waals surface area contributed by atoms with Crippen molar-refractivity contribution >= 4 is 22.4 Å². The molecule has 26 heavy (non-hydrogen) atoms. The summed E-state index contributed by atoms with van der Waals surface area (Å²) in [5, 5.41) is 3.16. The molecule has 1 aromatic carbocycles. The monoisotopic (exact) mass is 406 g/mol. The Morgan fingerprint density at radius 2 is 1.73 bits per heavy atom. The molecule has 6 nitrogen and oxygen atoms in total. The minimum atomic E-state index is -3.50. The Kier molecular flexibility index (Phi) is 9.71. The van der Waals surface area contributed by atoms with Crippen molar-refractivity contribution in [1.29, 1.82) is 0 Å². The van der Waals surface area contributed by atoms with E-state index in [4.69, 9.17) is 9.47 Å². The third kappa shape index (κ3) is 5.74. The van der Waals surface area contributed by atoms with E-state index in [-0.39, 0.29) is 17.3 Å². The molecule has 0 bridgehead atoms. The molecule has 1 saturated heterocycles. The average molecular weight is 407 g/mol. The van der Waals surface area contributed by atoms with E-state index in [0.29, 0.717) is 43.7 Å². The molecular formula is C18H31ClN2O4S. The third-order valence-corrected chi connectivity index (χ3v) is 6.42. The zero-order valence-electron chi connectivity index (χ0n) is 15.9. The number of hydrogen-bond donors (Lipinski definition) is 1. The molecule has 0 unspecified atom stereocenters. The van der Waals surface area contributed by atoms with Crippen LogP contribution >= 0.6 is 12.4 Å². The van der Waals surface area contributed by atoms with E-state index in [1.807, 2.05) is 20.9 Å². The molecule has 1 N–H and O–H groups in total. The van der Waals surface area contributed by atoms with Crippen molar-refractivity contribution in [2.24, 2.45) is 5.92 Å². The topological polar surface area (TPSA) is 67.9 Å². The molecule has 0 saturated carbocycles. The van der Waals surface area contributed by atoms with E-state index in [0.717, 1.165) is 25.8 Å². The Balaban J connectivity index is 0.00000338. The second-order valence-corrected chi connectivity index (χ2v) is 8.15. The Hall–Kier alpha value is -1.02. The van der Waals surface area contributed by atoms with Crippen LogP contribution in [0.3, 0.4) is 0 Å². The number of nitrogens with one attached hydrogen (secondary N) is 1. The van der Waals surface area contributed by atoms with Gasteiger partial charge in [0.2, 0.25) is 10.0 Å². The summed E-state index contributed by atoms with van der Waals surface area (Å²) in [6, 6.07) is 4.87. The number of benzene rings is 1. The Morgan fingerprint density at radius 3 is 2.31 bits per heavy atom. The molecule has 1 aliphatic rings. The number of ether oxygens (including phenoxy) is 2. The van der Waals surface area contributed by atoms with Crippen LogP contribution in [0.25, 0.3) is 0 Å². The first kappa shape index (κ1) is 23.0. The van der Waals surface area contributed by atoms with Gasteiger partial charge >= 0.3 is 0 Å². The van der Waals surface area contributed by atoms with Gasteiger partial charge < -0.3 is 14.8 Å². The lowest BCUT2D eigenvalue weighted by atomic mass is 9.95. The van der Waals surface area contributed by atoms with Crippen molar-refractivity contribution in [3.05, 3.63) is 18.2 Å². The maximum atomic E-state index is 13.0. The van der Waals surface area contributed by atoms with Crippen LogP contribution in [0, 0.1) is 5.92 Å². The summed E-state index contributed by atoms with van der Waals surface area (Å²) in [6.45, 7) is 6.86. The van der Waals surface area contributed by atoms with Gasteiger partial charge in [0, 0.05) is 19.2 Å². The lowest BCUT2D eigenvalue weighted by Crippen LogP contribution is -2.38. The average Bonchev–Trinajstić information content (AvgIpc) is 2.62. The first-order valence-corrected chi connectivity index (χ1v) is 10.5. The van der Waals surface area contributed by atoms with Crippen LogP contribution in [-0.2, 0) is 10.0 Å². The Morgan fingerprint density at radius 1 is 1.12 bits per heavy atom. The van der Waals surface area contributed by atoms with Crippen molar-refractivity contribution < 1.29 is 17.9 Å². The van der Waals surface area contributed by atoms with E-state index >= 15 is 0 Å². The zero-order chi connectivity index (χ0) is 18.3. The molecule has 2 rings (SSSR count). The van der Waals surface area contributed by atoms with E-state index in [1.54, 1.807) is 22.5 Å². The highest BCUT2D eigenvalue weighted by Gasteiger charge is 2.29. The van der Waals surface area contributed by atoms with Crippen molar-refractivity contribution in [3.63, 3.8) is 0 Å².